The molecule has 0 aliphatic heterocycles. The van der Waals surface area contributed by atoms with Crippen LogP contribution >= 0.6 is 11.6 Å². The maximum absolute atomic E-state index is 12.3. The molecule has 6 heteroatoms. The molecule has 1 aromatic rings. The lowest BCUT2D eigenvalue weighted by atomic mass is 10.1. The predicted octanol–water partition coefficient (Wildman–Crippen LogP) is 2.55. The topological polar surface area (TPSA) is 50.3 Å². The van der Waals surface area contributed by atoms with Crippen molar-refractivity contribution in [1.29, 1.82) is 0 Å². The number of rotatable bonds is 4. The van der Waals surface area contributed by atoms with E-state index >= 15 is 0 Å². The fourth-order valence-corrected chi connectivity index (χ4v) is 3.88. The zero-order chi connectivity index (χ0) is 13.2. The van der Waals surface area contributed by atoms with Crippen LogP contribution in [0.4, 0.5) is 0 Å². The highest BCUT2D eigenvalue weighted by atomic mass is 35.5. The van der Waals surface area contributed by atoms with Crippen LogP contribution in [0.5, 0.6) is 0 Å². The van der Waals surface area contributed by atoms with Gasteiger partial charge in [0, 0.05) is 19.8 Å². The van der Waals surface area contributed by atoms with Crippen molar-refractivity contribution in [3.05, 3.63) is 23.5 Å². The Morgan fingerprint density at radius 2 is 2.11 bits per heavy atom. The molecule has 1 heterocycles. The molecule has 2 rings (SSSR count). The first-order valence-electron chi connectivity index (χ1n) is 6.08. The van der Waals surface area contributed by atoms with Crippen molar-refractivity contribution in [2.24, 2.45) is 5.92 Å². The summed E-state index contributed by atoms with van der Waals surface area (Å²) in [6.07, 6.45) is 6.08. The molecule has 1 aliphatic carbocycles. The molecule has 0 N–H and O–H groups in total. The summed E-state index contributed by atoms with van der Waals surface area (Å²) in [6, 6.07) is 2.87. The lowest BCUT2D eigenvalue weighted by Crippen LogP contribution is -2.31. The minimum atomic E-state index is -3.44. The smallest absolute Gasteiger partial charge is 0.242 e. The second kappa shape index (κ2) is 5.55. The molecule has 1 fully saturated rings. The minimum Gasteiger partial charge on any atom is -0.244 e. The molecule has 0 atom stereocenters. The zero-order valence-corrected chi connectivity index (χ0v) is 11.9. The summed E-state index contributed by atoms with van der Waals surface area (Å²) in [4.78, 5) is 4.01. The van der Waals surface area contributed by atoms with Crippen LogP contribution in [0.1, 0.15) is 25.7 Å². The van der Waals surface area contributed by atoms with E-state index in [-0.39, 0.29) is 10.0 Å². The third-order valence-corrected chi connectivity index (χ3v) is 5.42. The van der Waals surface area contributed by atoms with Crippen LogP contribution in [0.3, 0.4) is 0 Å². The van der Waals surface area contributed by atoms with Gasteiger partial charge in [-0.2, -0.15) is 0 Å². The number of nitrogens with zero attached hydrogens (tertiary/aromatic N) is 2. The number of hydrogen-bond acceptors (Lipinski definition) is 3. The lowest BCUT2D eigenvalue weighted by molar-refractivity contribution is 0.387. The summed E-state index contributed by atoms with van der Waals surface area (Å²) in [5.41, 5.74) is 0. The summed E-state index contributed by atoms with van der Waals surface area (Å²) in [5, 5.41) is 0.199. The Morgan fingerprint density at radius 3 is 2.72 bits per heavy atom. The van der Waals surface area contributed by atoms with Gasteiger partial charge in [-0.25, -0.2) is 17.7 Å². The Bertz CT molecular complexity index is 513. The molecule has 0 aromatic carbocycles. The van der Waals surface area contributed by atoms with E-state index in [0.29, 0.717) is 12.5 Å². The summed E-state index contributed by atoms with van der Waals surface area (Å²) in [7, 11) is -1.81. The van der Waals surface area contributed by atoms with Crippen LogP contribution in [0, 0.1) is 5.92 Å². The zero-order valence-electron chi connectivity index (χ0n) is 10.3. The fraction of sp³-hybridized carbons (Fsp3) is 0.583. The van der Waals surface area contributed by atoms with E-state index in [0.717, 1.165) is 12.8 Å². The molecule has 1 aliphatic rings. The number of pyridine rings is 1. The van der Waals surface area contributed by atoms with Gasteiger partial charge in [-0.15, -0.1) is 0 Å². The third kappa shape index (κ3) is 3.02. The third-order valence-electron chi connectivity index (χ3n) is 3.40. The molecule has 0 spiro atoms. The van der Waals surface area contributed by atoms with E-state index in [4.69, 9.17) is 11.6 Å². The van der Waals surface area contributed by atoms with Crippen LogP contribution < -0.4 is 0 Å². The van der Waals surface area contributed by atoms with Crippen LogP contribution in [-0.4, -0.2) is 31.3 Å². The average molecular weight is 289 g/mol. The predicted molar refractivity (Wildman–Crippen MR) is 71.0 cm³/mol. The summed E-state index contributed by atoms with van der Waals surface area (Å²) >= 11 is 5.73. The summed E-state index contributed by atoms with van der Waals surface area (Å²) < 4.78 is 26.0. The minimum absolute atomic E-state index is 0.199. The first-order valence-corrected chi connectivity index (χ1v) is 7.90. The number of aromatic nitrogens is 1. The lowest BCUT2D eigenvalue weighted by Gasteiger charge is -2.20. The van der Waals surface area contributed by atoms with E-state index in [2.05, 4.69) is 4.98 Å². The second-order valence-electron chi connectivity index (χ2n) is 4.75. The van der Waals surface area contributed by atoms with Crippen molar-refractivity contribution >= 4 is 21.6 Å². The van der Waals surface area contributed by atoms with E-state index in [1.807, 2.05) is 0 Å². The van der Waals surface area contributed by atoms with Crippen molar-refractivity contribution in [1.82, 2.24) is 9.29 Å². The van der Waals surface area contributed by atoms with Gasteiger partial charge >= 0.3 is 0 Å². The van der Waals surface area contributed by atoms with Crippen LogP contribution in [0.2, 0.25) is 5.15 Å². The quantitative estimate of drug-likeness (QED) is 0.800. The van der Waals surface area contributed by atoms with Crippen LogP contribution in [-0.2, 0) is 10.0 Å². The van der Waals surface area contributed by atoms with Crippen LogP contribution in [0.15, 0.2) is 23.2 Å². The Morgan fingerprint density at radius 1 is 1.44 bits per heavy atom. The molecule has 0 unspecified atom stereocenters. The van der Waals surface area contributed by atoms with Gasteiger partial charge in [0.15, 0.2) is 0 Å². The van der Waals surface area contributed by atoms with E-state index in [1.165, 1.54) is 35.5 Å². The number of halogens is 1. The first-order chi connectivity index (χ1) is 8.50. The molecule has 1 saturated carbocycles. The molecular weight excluding hydrogens is 272 g/mol. The van der Waals surface area contributed by atoms with Gasteiger partial charge < -0.3 is 0 Å². The van der Waals surface area contributed by atoms with E-state index in [1.54, 1.807) is 7.05 Å². The molecule has 18 heavy (non-hydrogen) atoms. The van der Waals surface area contributed by atoms with Crippen molar-refractivity contribution in [3.8, 4) is 0 Å². The van der Waals surface area contributed by atoms with Crippen molar-refractivity contribution in [2.45, 2.75) is 30.6 Å². The van der Waals surface area contributed by atoms with Crippen molar-refractivity contribution < 1.29 is 8.42 Å². The maximum atomic E-state index is 12.3. The molecular formula is C12H17ClN2O2S. The first kappa shape index (κ1) is 13.8. The number of sulfonamides is 1. The molecule has 0 saturated heterocycles. The Labute approximate surface area is 113 Å². The summed E-state index contributed by atoms with van der Waals surface area (Å²) in [6.45, 7) is 0.586. The van der Waals surface area contributed by atoms with Crippen LogP contribution in [0.25, 0.3) is 0 Å². The molecule has 4 nitrogen and oxygen atoms in total. The van der Waals surface area contributed by atoms with E-state index < -0.39 is 10.0 Å². The molecule has 0 radical (unpaired) electrons. The van der Waals surface area contributed by atoms with Gasteiger partial charge in [-0.05, 0) is 30.9 Å². The van der Waals surface area contributed by atoms with Gasteiger partial charge in [0.1, 0.15) is 5.15 Å². The SMILES string of the molecule is CN(CC1CCCC1)S(=O)(=O)c1ccnc(Cl)c1. The average Bonchev–Trinajstić information content (AvgIpc) is 2.81. The highest BCUT2D eigenvalue weighted by molar-refractivity contribution is 7.89. The van der Waals surface area contributed by atoms with Gasteiger partial charge in [0.05, 0.1) is 4.90 Å². The van der Waals surface area contributed by atoms with Crippen molar-refractivity contribution in [2.75, 3.05) is 13.6 Å². The largest absolute Gasteiger partial charge is 0.244 e. The van der Waals surface area contributed by atoms with Crippen molar-refractivity contribution in [3.63, 3.8) is 0 Å². The van der Waals surface area contributed by atoms with Gasteiger partial charge in [-0.3, -0.25) is 0 Å². The Balaban J connectivity index is 2.14. The Hall–Kier alpha value is -0.650. The maximum Gasteiger partial charge on any atom is 0.242 e. The Kier molecular flexibility index (Phi) is 4.25. The normalized spacial score (nSPS) is 17.5. The summed E-state index contributed by atoms with van der Waals surface area (Å²) in [5.74, 6) is 0.488. The fourth-order valence-electron chi connectivity index (χ4n) is 2.38. The van der Waals surface area contributed by atoms with E-state index in [9.17, 15) is 8.42 Å². The van der Waals surface area contributed by atoms with Gasteiger partial charge in [0.25, 0.3) is 0 Å². The molecule has 100 valence electrons. The second-order valence-corrected chi connectivity index (χ2v) is 7.18. The highest BCUT2D eigenvalue weighted by Gasteiger charge is 2.25. The molecule has 1 aromatic heterocycles. The monoisotopic (exact) mass is 288 g/mol. The standard InChI is InChI=1S/C12H17ClN2O2S/c1-15(9-10-4-2-3-5-10)18(16,17)11-6-7-14-12(13)8-11/h6-8,10H,2-5,9H2,1H3. The van der Waals surface area contributed by atoms with Gasteiger partial charge in [0.2, 0.25) is 10.0 Å². The number of hydrogen-bond donors (Lipinski definition) is 0. The molecule has 0 amide bonds. The highest BCUT2D eigenvalue weighted by Crippen LogP contribution is 2.27. The van der Waals surface area contributed by atoms with Gasteiger partial charge in [-0.1, -0.05) is 24.4 Å². The molecule has 0 bridgehead atoms.